The molecular weight excluding hydrogens is 231 g/mol. The third-order valence-corrected chi connectivity index (χ3v) is 2.39. The lowest BCUT2D eigenvalue weighted by Gasteiger charge is -2.09. The van der Waals surface area contributed by atoms with Gasteiger partial charge >= 0.3 is 6.18 Å². The quantitative estimate of drug-likeness (QED) is 0.460. The first kappa shape index (κ1) is 11.4. The molecule has 0 fully saturated rings. The van der Waals surface area contributed by atoms with Gasteiger partial charge in [-0.05, 0) is 16.8 Å². The molecule has 2 nitrogen and oxygen atoms in total. The van der Waals surface area contributed by atoms with Crippen molar-refractivity contribution in [3.8, 4) is 0 Å². The second-order valence-electron chi connectivity index (χ2n) is 3.51. The highest BCUT2D eigenvalue weighted by Gasteiger charge is 2.37. The van der Waals surface area contributed by atoms with Gasteiger partial charge in [0.15, 0.2) is 5.71 Å². The lowest BCUT2D eigenvalue weighted by molar-refractivity contribution is -0.0601. The van der Waals surface area contributed by atoms with Crippen LogP contribution in [0.25, 0.3) is 10.8 Å². The van der Waals surface area contributed by atoms with E-state index < -0.39 is 11.9 Å². The smallest absolute Gasteiger partial charge is 0.410 e. The summed E-state index contributed by atoms with van der Waals surface area (Å²) >= 11 is 0. The van der Waals surface area contributed by atoms with E-state index in [1.807, 2.05) is 0 Å². The van der Waals surface area contributed by atoms with E-state index in [0.717, 1.165) is 5.39 Å². The van der Waals surface area contributed by atoms with Crippen LogP contribution in [-0.2, 0) is 0 Å². The number of hydrogen-bond acceptors (Lipinski definition) is 2. The second-order valence-corrected chi connectivity index (χ2v) is 3.51. The van der Waals surface area contributed by atoms with Gasteiger partial charge < -0.3 is 5.21 Å². The second kappa shape index (κ2) is 4.08. The van der Waals surface area contributed by atoms with E-state index in [0.29, 0.717) is 5.39 Å². The van der Waals surface area contributed by atoms with Crippen molar-refractivity contribution in [2.75, 3.05) is 0 Å². The number of alkyl halides is 3. The Labute approximate surface area is 95.0 Å². The Kier molecular flexibility index (Phi) is 2.75. The van der Waals surface area contributed by atoms with Gasteiger partial charge in [0, 0.05) is 5.56 Å². The van der Waals surface area contributed by atoms with E-state index in [2.05, 4.69) is 5.16 Å². The fraction of sp³-hybridized carbons (Fsp3) is 0.0833. The maximum atomic E-state index is 12.5. The van der Waals surface area contributed by atoms with E-state index in [1.54, 1.807) is 30.3 Å². The molecule has 17 heavy (non-hydrogen) atoms. The highest BCUT2D eigenvalue weighted by Crippen LogP contribution is 2.24. The van der Waals surface area contributed by atoms with Crippen LogP contribution >= 0.6 is 0 Å². The average molecular weight is 239 g/mol. The Morgan fingerprint density at radius 1 is 1.00 bits per heavy atom. The molecule has 0 saturated carbocycles. The molecule has 0 atom stereocenters. The third-order valence-electron chi connectivity index (χ3n) is 2.39. The first-order valence-electron chi connectivity index (χ1n) is 4.81. The van der Waals surface area contributed by atoms with Crippen molar-refractivity contribution >= 4 is 16.5 Å². The van der Waals surface area contributed by atoms with Crippen LogP contribution in [0.15, 0.2) is 47.6 Å². The van der Waals surface area contributed by atoms with Gasteiger partial charge in [-0.15, -0.1) is 0 Å². The number of hydrogen-bond donors (Lipinski definition) is 1. The number of halogens is 3. The van der Waals surface area contributed by atoms with Crippen LogP contribution in [0.3, 0.4) is 0 Å². The zero-order valence-corrected chi connectivity index (χ0v) is 8.57. The van der Waals surface area contributed by atoms with Crippen LogP contribution in [0.2, 0.25) is 0 Å². The van der Waals surface area contributed by atoms with Gasteiger partial charge in [-0.25, -0.2) is 0 Å². The molecule has 0 aromatic heterocycles. The Morgan fingerprint density at radius 3 is 2.24 bits per heavy atom. The summed E-state index contributed by atoms with van der Waals surface area (Å²) in [6.45, 7) is 0. The number of benzene rings is 2. The first-order chi connectivity index (χ1) is 8.02. The fourth-order valence-electron chi connectivity index (χ4n) is 1.61. The predicted molar refractivity (Wildman–Crippen MR) is 58.3 cm³/mol. The van der Waals surface area contributed by atoms with Gasteiger partial charge in [-0.2, -0.15) is 13.2 Å². The summed E-state index contributed by atoms with van der Waals surface area (Å²) in [5, 5.41) is 12.3. The Morgan fingerprint density at radius 2 is 1.65 bits per heavy atom. The van der Waals surface area contributed by atoms with Crippen molar-refractivity contribution in [2.24, 2.45) is 5.16 Å². The summed E-state index contributed by atoms with van der Waals surface area (Å²) < 4.78 is 37.5. The molecule has 2 aromatic rings. The minimum Gasteiger partial charge on any atom is -0.410 e. The minimum atomic E-state index is -4.67. The summed E-state index contributed by atoms with van der Waals surface area (Å²) in [6.07, 6.45) is -4.67. The van der Waals surface area contributed by atoms with Crippen molar-refractivity contribution in [3.05, 3.63) is 48.0 Å². The molecule has 0 unspecified atom stereocenters. The lowest BCUT2D eigenvalue weighted by Crippen LogP contribution is -2.23. The van der Waals surface area contributed by atoms with Crippen LogP contribution in [0.4, 0.5) is 13.2 Å². The van der Waals surface area contributed by atoms with Crippen LogP contribution in [0, 0.1) is 0 Å². The number of rotatable bonds is 1. The average Bonchev–Trinajstić information content (AvgIpc) is 2.28. The predicted octanol–water partition coefficient (Wildman–Crippen LogP) is 3.58. The zero-order chi connectivity index (χ0) is 12.5. The van der Waals surface area contributed by atoms with Gasteiger partial charge in [0.25, 0.3) is 0 Å². The molecule has 0 radical (unpaired) electrons. The van der Waals surface area contributed by atoms with Crippen molar-refractivity contribution in [2.45, 2.75) is 6.18 Å². The first-order valence-corrected chi connectivity index (χ1v) is 4.81. The van der Waals surface area contributed by atoms with E-state index >= 15 is 0 Å². The third kappa shape index (κ3) is 2.22. The van der Waals surface area contributed by atoms with Crippen molar-refractivity contribution in [3.63, 3.8) is 0 Å². The zero-order valence-electron chi connectivity index (χ0n) is 8.57. The number of fused-ring (bicyclic) bond motifs is 1. The Bertz CT molecular complexity index is 575. The molecule has 0 aliphatic carbocycles. The maximum Gasteiger partial charge on any atom is 0.437 e. The molecule has 2 rings (SSSR count). The van der Waals surface area contributed by atoms with Gasteiger partial charge in [0.05, 0.1) is 0 Å². The maximum absolute atomic E-state index is 12.5. The minimum absolute atomic E-state index is 0.154. The molecule has 0 amide bonds. The summed E-state index contributed by atoms with van der Waals surface area (Å²) in [4.78, 5) is 0. The van der Waals surface area contributed by atoms with Gasteiger partial charge in [0.1, 0.15) is 0 Å². The summed E-state index contributed by atoms with van der Waals surface area (Å²) in [6, 6.07) is 11.2. The van der Waals surface area contributed by atoms with E-state index in [9.17, 15) is 13.2 Å². The van der Waals surface area contributed by atoms with Crippen LogP contribution in [-0.4, -0.2) is 17.1 Å². The SMILES string of the molecule is O/N=C(/c1ccc2ccccc2c1)C(F)(F)F. The molecule has 0 saturated heterocycles. The Hall–Kier alpha value is -2.04. The molecule has 0 spiro atoms. The van der Waals surface area contributed by atoms with Crippen molar-refractivity contribution in [1.82, 2.24) is 0 Å². The van der Waals surface area contributed by atoms with E-state index in [4.69, 9.17) is 5.21 Å². The molecule has 0 aliphatic rings. The molecule has 88 valence electrons. The van der Waals surface area contributed by atoms with E-state index in [1.165, 1.54) is 12.1 Å². The molecule has 0 bridgehead atoms. The molecule has 1 N–H and O–H groups in total. The van der Waals surface area contributed by atoms with Crippen LogP contribution in [0.1, 0.15) is 5.56 Å². The van der Waals surface area contributed by atoms with E-state index in [-0.39, 0.29) is 5.56 Å². The molecular formula is C12H8F3NO. The van der Waals surface area contributed by atoms with Crippen molar-refractivity contribution < 1.29 is 18.4 Å². The van der Waals surface area contributed by atoms with Gasteiger partial charge in [-0.1, -0.05) is 41.6 Å². The monoisotopic (exact) mass is 239 g/mol. The number of oxime groups is 1. The highest BCUT2D eigenvalue weighted by atomic mass is 19.4. The summed E-state index contributed by atoms with van der Waals surface area (Å²) in [5.41, 5.74) is -1.44. The highest BCUT2D eigenvalue weighted by molar-refractivity contribution is 6.06. The largest absolute Gasteiger partial charge is 0.437 e. The number of nitrogens with zero attached hydrogens (tertiary/aromatic N) is 1. The molecule has 5 heteroatoms. The Balaban J connectivity index is 2.57. The normalized spacial score (nSPS) is 13.0. The molecule has 0 heterocycles. The van der Waals surface area contributed by atoms with Gasteiger partial charge in [0.2, 0.25) is 0 Å². The standard InChI is InChI=1S/C12H8F3NO/c13-12(14,15)11(16-17)10-6-5-8-3-1-2-4-9(8)7-10/h1-7,17H/b16-11-. The molecule has 0 aliphatic heterocycles. The summed E-state index contributed by atoms with van der Waals surface area (Å²) in [7, 11) is 0. The van der Waals surface area contributed by atoms with Crippen LogP contribution in [0.5, 0.6) is 0 Å². The summed E-state index contributed by atoms with van der Waals surface area (Å²) in [5.74, 6) is 0. The fourth-order valence-corrected chi connectivity index (χ4v) is 1.61. The van der Waals surface area contributed by atoms with Gasteiger partial charge in [-0.3, -0.25) is 0 Å². The van der Waals surface area contributed by atoms with Crippen molar-refractivity contribution in [1.29, 1.82) is 0 Å². The van der Waals surface area contributed by atoms with Crippen LogP contribution < -0.4 is 0 Å². The lowest BCUT2D eigenvalue weighted by atomic mass is 10.0. The topological polar surface area (TPSA) is 32.6 Å². The molecule has 2 aromatic carbocycles.